The Kier molecular flexibility index (Phi) is 3.40. The highest BCUT2D eigenvalue weighted by molar-refractivity contribution is 6.05. The first kappa shape index (κ1) is 10.9. The molecule has 0 aliphatic heterocycles. The van der Waals surface area contributed by atoms with Gasteiger partial charge in [-0.15, -0.1) is 0 Å². The van der Waals surface area contributed by atoms with Crippen molar-refractivity contribution in [3.8, 4) is 0 Å². The van der Waals surface area contributed by atoms with Crippen LogP contribution < -0.4 is 0 Å². The van der Waals surface area contributed by atoms with Crippen molar-refractivity contribution in [1.82, 2.24) is 0 Å². The molecule has 2 nitrogen and oxygen atoms in total. The first-order valence-electron chi connectivity index (χ1n) is 5.79. The molecule has 1 unspecified atom stereocenters. The number of hydrogen-bond donors (Lipinski definition) is 1. The second-order valence-corrected chi connectivity index (χ2v) is 4.36. The van der Waals surface area contributed by atoms with Gasteiger partial charge in [0.25, 0.3) is 0 Å². The van der Waals surface area contributed by atoms with Crippen LogP contribution in [0.1, 0.15) is 31.7 Å². The number of oxime groups is 1. The van der Waals surface area contributed by atoms with E-state index in [4.69, 9.17) is 5.21 Å². The van der Waals surface area contributed by atoms with Crippen molar-refractivity contribution in [2.24, 2.45) is 11.1 Å². The lowest BCUT2D eigenvalue weighted by atomic mass is 9.84. The van der Waals surface area contributed by atoms with Crippen LogP contribution >= 0.6 is 0 Å². The van der Waals surface area contributed by atoms with E-state index < -0.39 is 0 Å². The van der Waals surface area contributed by atoms with E-state index in [2.05, 4.69) is 30.3 Å². The first-order chi connectivity index (χ1) is 7.81. The maximum absolute atomic E-state index is 9.06. The van der Waals surface area contributed by atoms with Crippen LogP contribution in [-0.4, -0.2) is 10.9 Å². The molecule has 1 saturated carbocycles. The number of hydrogen-bond acceptors (Lipinski definition) is 2. The summed E-state index contributed by atoms with van der Waals surface area (Å²) in [7, 11) is 0. The predicted octanol–water partition coefficient (Wildman–Crippen LogP) is 3.72. The van der Waals surface area contributed by atoms with Crippen LogP contribution in [0.2, 0.25) is 0 Å². The third kappa shape index (κ3) is 2.32. The Morgan fingerprint density at radius 1 is 1.31 bits per heavy atom. The molecule has 0 amide bonds. The molecule has 1 aromatic carbocycles. The fraction of sp³-hybridized carbons (Fsp3) is 0.357. The Labute approximate surface area is 96.3 Å². The number of allylic oxidation sites excluding steroid dienone is 1. The average Bonchev–Trinajstić information content (AvgIpc) is 2.31. The zero-order chi connectivity index (χ0) is 11.4. The zero-order valence-electron chi connectivity index (χ0n) is 9.56. The Hall–Kier alpha value is -1.57. The van der Waals surface area contributed by atoms with Crippen LogP contribution in [0, 0.1) is 5.92 Å². The normalized spacial score (nSPS) is 26.2. The molecule has 0 aromatic heterocycles. The van der Waals surface area contributed by atoms with Crippen molar-refractivity contribution in [3.63, 3.8) is 0 Å². The monoisotopic (exact) mass is 215 g/mol. The van der Waals surface area contributed by atoms with E-state index in [1.165, 1.54) is 17.6 Å². The fourth-order valence-corrected chi connectivity index (χ4v) is 2.24. The highest BCUT2D eigenvalue weighted by Gasteiger charge is 2.21. The van der Waals surface area contributed by atoms with Gasteiger partial charge in [0, 0.05) is 5.92 Å². The van der Waals surface area contributed by atoms with Gasteiger partial charge in [-0.05, 0) is 36.5 Å². The van der Waals surface area contributed by atoms with E-state index >= 15 is 0 Å². The molecular weight excluding hydrogens is 198 g/mol. The second-order valence-electron chi connectivity index (χ2n) is 4.36. The van der Waals surface area contributed by atoms with Crippen molar-refractivity contribution in [1.29, 1.82) is 0 Å². The third-order valence-electron chi connectivity index (χ3n) is 3.13. The molecule has 84 valence electrons. The summed E-state index contributed by atoms with van der Waals surface area (Å²) in [6.45, 7) is 2.12. The molecule has 1 N–H and O–H groups in total. The Morgan fingerprint density at radius 3 is 2.75 bits per heavy atom. The van der Waals surface area contributed by atoms with E-state index in [-0.39, 0.29) is 0 Å². The van der Waals surface area contributed by atoms with Crippen LogP contribution in [0.15, 0.2) is 41.1 Å². The van der Waals surface area contributed by atoms with Gasteiger partial charge in [-0.1, -0.05) is 42.4 Å². The van der Waals surface area contributed by atoms with Gasteiger partial charge in [0.2, 0.25) is 0 Å². The topological polar surface area (TPSA) is 32.6 Å². The lowest BCUT2D eigenvalue weighted by Gasteiger charge is -2.22. The summed E-state index contributed by atoms with van der Waals surface area (Å²) in [5.41, 5.74) is 3.20. The van der Waals surface area contributed by atoms with Gasteiger partial charge in [-0.3, -0.25) is 0 Å². The SMILES string of the molecule is CC1CCC/C(=C\c2ccccc2)C1=NO. The molecule has 2 heteroatoms. The van der Waals surface area contributed by atoms with Crippen LogP contribution in [0.4, 0.5) is 0 Å². The maximum atomic E-state index is 9.06. The number of rotatable bonds is 1. The van der Waals surface area contributed by atoms with Gasteiger partial charge in [-0.2, -0.15) is 0 Å². The van der Waals surface area contributed by atoms with E-state index in [1.54, 1.807) is 0 Å². The summed E-state index contributed by atoms with van der Waals surface area (Å²) in [6.07, 6.45) is 5.44. The molecule has 16 heavy (non-hydrogen) atoms. The van der Waals surface area contributed by atoms with E-state index in [1.807, 2.05) is 18.2 Å². The molecule has 0 bridgehead atoms. The molecule has 1 aromatic rings. The smallest absolute Gasteiger partial charge is 0.0855 e. The molecule has 0 saturated heterocycles. The molecule has 1 aliphatic carbocycles. The highest BCUT2D eigenvalue weighted by atomic mass is 16.4. The molecule has 0 heterocycles. The Morgan fingerprint density at radius 2 is 2.06 bits per heavy atom. The first-order valence-corrected chi connectivity index (χ1v) is 5.79. The van der Waals surface area contributed by atoms with Gasteiger partial charge >= 0.3 is 0 Å². The molecule has 1 atom stereocenters. The highest BCUT2D eigenvalue weighted by Crippen LogP contribution is 2.27. The van der Waals surface area contributed by atoms with Gasteiger partial charge in [0.15, 0.2) is 0 Å². The second kappa shape index (κ2) is 4.97. The Bertz CT molecular complexity index is 406. The maximum Gasteiger partial charge on any atom is 0.0855 e. The predicted molar refractivity (Wildman–Crippen MR) is 66.7 cm³/mol. The average molecular weight is 215 g/mol. The minimum absolute atomic E-state index is 0.369. The number of nitrogens with zero attached hydrogens (tertiary/aromatic N) is 1. The van der Waals surface area contributed by atoms with E-state index in [9.17, 15) is 0 Å². The van der Waals surface area contributed by atoms with E-state index in [0.717, 1.165) is 18.6 Å². The van der Waals surface area contributed by atoms with Gasteiger partial charge < -0.3 is 5.21 Å². The molecule has 0 spiro atoms. The van der Waals surface area contributed by atoms with Gasteiger partial charge in [-0.25, -0.2) is 0 Å². The summed E-state index contributed by atoms with van der Waals surface area (Å²) < 4.78 is 0. The lowest BCUT2D eigenvalue weighted by Crippen LogP contribution is -2.19. The van der Waals surface area contributed by atoms with Crippen molar-refractivity contribution in [3.05, 3.63) is 41.5 Å². The summed E-state index contributed by atoms with van der Waals surface area (Å²) in [4.78, 5) is 0. The quantitative estimate of drug-likeness (QED) is 0.562. The standard InChI is InChI=1S/C14H17NO/c1-11-6-5-9-13(14(11)15-16)10-12-7-3-2-4-8-12/h2-4,7-8,10-11,16H,5-6,9H2,1H3/b13-10+,15-14?. The van der Waals surface area contributed by atoms with Crippen LogP contribution in [0.25, 0.3) is 6.08 Å². The van der Waals surface area contributed by atoms with Crippen LogP contribution in [0.3, 0.4) is 0 Å². The van der Waals surface area contributed by atoms with Gasteiger partial charge in [0.1, 0.15) is 0 Å². The minimum Gasteiger partial charge on any atom is -0.411 e. The Balaban J connectivity index is 2.29. The summed E-state index contributed by atoms with van der Waals surface area (Å²) >= 11 is 0. The lowest BCUT2D eigenvalue weighted by molar-refractivity contribution is 0.313. The molecule has 1 fully saturated rings. The summed E-state index contributed by atoms with van der Waals surface area (Å²) in [5.74, 6) is 0.369. The third-order valence-corrected chi connectivity index (χ3v) is 3.13. The minimum atomic E-state index is 0.369. The number of benzene rings is 1. The van der Waals surface area contributed by atoms with Crippen molar-refractivity contribution in [2.75, 3.05) is 0 Å². The van der Waals surface area contributed by atoms with Gasteiger partial charge in [0.05, 0.1) is 5.71 Å². The largest absolute Gasteiger partial charge is 0.411 e. The van der Waals surface area contributed by atoms with E-state index in [0.29, 0.717) is 5.92 Å². The van der Waals surface area contributed by atoms with Crippen molar-refractivity contribution in [2.45, 2.75) is 26.2 Å². The molecular formula is C14H17NO. The molecule has 2 rings (SSSR count). The summed E-state index contributed by atoms with van der Waals surface area (Å²) in [6, 6.07) is 10.2. The molecule has 0 radical (unpaired) electrons. The van der Waals surface area contributed by atoms with Crippen molar-refractivity contribution >= 4 is 11.8 Å². The van der Waals surface area contributed by atoms with Crippen LogP contribution in [0.5, 0.6) is 0 Å². The summed E-state index contributed by atoms with van der Waals surface area (Å²) in [5, 5.41) is 12.5. The fourth-order valence-electron chi connectivity index (χ4n) is 2.24. The van der Waals surface area contributed by atoms with Crippen LogP contribution in [-0.2, 0) is 0 Å². The van der Waals surface area contributed by atoms with Crippen molar-refractivity contribution < 1.29 is 5.21 Å². The molecule has 1 aliphatic rings. The zero-order valence-corrected chi connectivity index (χ0v) is 9.56.